The van der Waals surface area contributed by atoms with Gasteiger partial charge in [-0.25, -0.2) is 4.39 Å². The molecule has 5 heteroatoms. The van der Waals surface area contributed by atoms with E-state index in [1.807, 2.05) is 29.2 Å². The molecule has 0 spiro atoms. The maximum absolute atomic E-state index is 14.1. The predicted octanol–water partition coefficient (Wildman–Crippen LogP) is 4.04. The highest BCUT2D eigenvalue weighted by atomic mass is 19.1. The molecule has 2 heterocycles. The zero-order chi connectivity index (χ0) is 18.6. The molecule has 0 radical (unpaired) electrons. The van der Waals surface area contributed by atoms with Crippen LogP contribution in [0.3, 0.4) is 0 Å². The highest BCUT2D eigenvalue weighted by Gasteiger charge is 2.23. The molecule has 0 saturated carbocycles. The molecule has 1 aromatic heterocycles. The number of furan rings is 1. The summed E-state index contributed by atoms with van der Waals surface area (Å²) in [5, 5.41) is 0. The van der Waals surface area contributed by atoms with Crippen LogP contribution >= 0.6 is 0 Å². The lowest BCUT2D eigenvalue weighted by Crippen LogP contribution is -2.48. The van der Waals surface area contributed by atoms with Crippen LogP contribution in [0.2, 0.25) is 0 Å². The lowest BCUT2D eigenvalue weighted by molar-refractivity contribution is 0.0620. The first-order valence-corrected chi connectivity index (χ1v) is 9.10. The van der Waals surface area contributed by atoms with Crippen LogP contribution in [0.1, 0.15) is 16.1 Å². The molecule has 1 amide bonds. The number of benzene rings is 2. The van der Waals surface area contributed by atoms with Crippen molar-refractivity contribution in [1.29, 1.82) is 0 Å². The fourth-order valence-corrected chi connectivity index (χ4v) is 3.43. The lowest BCUT2D eigenvalue weighted by atomic mass is 10.0. The molecule has 3 aromatic rings. The van der Waals surface area contributed by atoms with Crippen molar-refractivity contribution in [2.75, 3.05) is 26.2 Å². The Hall–Kier alpha value is -2.92. The van der Waals surface area contributed by atoms with Crippen LogP contribution in [0, 0.1) is 5.82 Å². The Labute approximate surface area is 157 Å². The fraction of sp³-hybridized carbons (Fsp3) is 0.227. The van der Waals surface area contributed by atoms with Gasteiger partial charge in [0.05, 0.1) is 12.8 Å². The summed E-state index contributed by atoms with van der Waals surface area (Å²) in [5.41, 5.74) is 1.82. The van der Waals surface area contributed by atoms with Gasteiger partial charge in [0.2, 0.25) is 0 Å². The summed E-state index contributed by atoms with van der Waals surface area (Å²) in [7, 11) is 0. The first-order valence-electron chi connectivity index (χ1n) is 9.10. The van der Waals surface area contributed by atoms with E-state index in [0.29, 0.717) is 24.2 Å². The molecule has 0 aliphatic carbocycles. The molecule has 138 valence electrons. The summed E-state index contributed by atoms with van der Waals surface area (Å²) in [6, 6.07) is 17.7. The fourth-order valence-electron chi connectivity index (χ4n) is 3.43. The molecule has 1 aliphatic rings. The third-order valence-corrected chi connectivity index (χ3v) is 4.91. The van der Waals surface area contributed by atoms with Crippen LogP contribution in [0.5, 0.6) is 0 Å². The molecule has 0 unspecified atom stereocenters. The number of carbonyl (C=O) groups is 1. The number of amides is 1. The van der Waals surface area contributed by atoms with Gasteiger partial charge in [0.15, 0.2) is 0 Å². The Morgan fingerprint density at radius 2 is 1.78 bits per heavy atom. The second-order valence-corrected chi connectivity index (χ2v) is 6.71. The molecule has 4 nitrogen and oxygen atoms in total. The minimum atomic E-state index is -0.284. The van der Waals surface area contributed by atoms with Crippen molar-refractivity contribution in [2.24, 2.45) is 0 Å². The van der Waals surface area contributed by atoms with Gasteiger partial charge in [-0.15, -0.1) is 0 Å². The van der Waals surface area contributed by atoms with Crippen LogP contribution in [-0.2, 0) is 6.54 Å². The second-order valence-electron chi connectivity index (χ2n) is 6.71. The number of halogens is 1. The van der Waals surface area contributed by atoms with Crippen LogP contribution in [-0.4, -0.2) is 41.9 Å². The van der Waals surface area contributed by atoms with Crippen molar-refractivity contribution >= 4 is 5.91 Å². The van der Waals surface area contributed by atoms with Gasteiger partial charge in [0.1, 0.15) is 11.6 Å². The minimum Gasteiger partial charge on any atom is -0.468 e. The van der Waals surface area contributed by atoms with Crippen molar-refractivity contribution in [3.8, 4) is 11.1 Å². The molecule has 0 N–H and O–H groups in total. The van der Waals surface area contributed by atoms with Gasteiger partial charge in [0, 0.05) is 37.3 Å². The average molecular weight is 364 g/mol. The van der Waals surface area contributed by atoms with Gasteiger partial charge >= 0.3 is 0 Å². The van der Waals surface area contributed by atoms with E-state index in [9.17, 15) is 9.18 Å². The van der Waals surface area contributed by atoms with Crippen molar-refractivity contribution < 1.29 is 13.6 Å². The Morgan fingerprint density at radius 3 is 2.52 bits per heavy atom. The zero-order valence-corrected chi connectivity index (χ0v) is 15.0. The van der Waals surface area contributed by atoms with E-state index < -0.39 is 0 Å². The molecule has 0 atom stereocenters. The monoisotopic (exact) mass is 364 g/mol. The van der Waals surface area contributed by atoms with E-state index in [4.69, 9.17) is 4.42 Å². The molecule has 2 aromatic carbocycles. The smallest absolute Gasteiger partial charge is 0.253 e. The lowest BCUT2D eigenvalue weighted by Gasteiger charge is -2.34. The molecule has 4 rings (SSSR count). The third kappa shape index (κ3) is 3.93. The largest absolute Gasteiger partial charge is 0.468 e. The minimum absolute atomic E-state index is 0.00848. The number of hydrogen-bond donors (Lipinski definition) is 0. The summed E-state index contributed by atoms with van der Waals surface area (Å²) in [5.74, 6) is 0.645. The number of nitrogens with zero attached hydrogens (tertiary/aromatic N) is 2. The molecular weight excluding hydrogens is 343 g/mol. The number of piperazine rings is 1. The van der Waals surface area contributed by atoms with Crippen LogP contribution in [0.15, 0.2) is 71.3 Å². The van der Waals surface area contributed by atoms with Gasteiger partial charge < -0.3 is 9.32 Å². The number of hydrogen-bond acceptors (Lipinski definition) is 3. The topological polar surface area (TPSA) is 36.7 Å². The highest BCUT2D eigenvalue weighted by molar-refractivity contribution is 5.95. The van der Waals surface area contributed by atoms with Gasteiger partial charge in [-0.2, -0.15) is 0 Å². The van der Waals surface area contributed by atoms with E-state index in [1.54, 1.807) is 36.6 Å². The average Bonchev–Trinajstić information content (AvgIpc) is 3.21. The first kappa shape index (κ1) is 17.5. The molecule has 1 fully saturated rings. The molecule has 0 bridgehead atoms. The maximum atomic E-state index is 14.1. The summed E-state index contributed by atoms with van der Waals surface area (Å²) in [4.78, 5) is 17.0. The van der Waals surface area contributed by atoms with E-state index >= 15 is 0 Å². The number of rotatable bonds is 4. The van der Waals surface area contributed by atoms with Gasteiger partial charge in [0.25, 0.3) is 5.91 Å². The zero-order valence-electron chi connectivity index (χ0n) is 15.0. The van der Waals surface area contributed by atoms with Crippen LogP contribution in [0.4, 0.5) is 4.39 Å². The predicted molar refractivity (Wildman–Crippen MR) is 102 cm³/mol. The van der Waals surface area contributed by atoms with Crippen molar-refractivity contribution in [3.05, 3.63) is 84.1 Å². The van der Waals surface area contributed by atoms with Gasteiger partial charge in [-0.1, -0.05) is 30.3 Å². The standard InChI is InChI=1S/C22H21FN2O2/c23-21-9-2-1-8-20(21)17-5-3-6-18(15-17)22(26)25-12-10-24(11-13-25)16-19-7-4-14-27-19/h1-9,14-15H,10-13,16H2. The van der Waals surface area contributed by atoms with Crippen molar-refractivity contribution in [1.82, 2.24) is 9.80 Å². The van der Waals surface area contributed by atoms with Crippen molar-refractivity contribution in [2.45, 2.75) is 6.54 Å². The Morgan fingerprint density at radius 1 is 0.963 bits per heavy atom. The third-order valence-electron chi connectivity index (χ3n) is 4.91. The summed E-state index contributed by atoms with van der Waals surface area (Å²) < 4.78 is 19.4. The normalized spacial score (nSPS) is 15.1. The summed E-state index contributed by atoms with van der Waals surface area (Å²) in [6.45, 7) is 3.71. The van der Waals surface area contributed by atoms with Crippen LogP contribution < -0.4 is 0 Å². The van der Waals surface area contributed by atoms with E-state index in [2.05, 4.69) is 4.90 Å². The highest BCUT2D eigenvalue weighted by Crippen LogP contribution is 2.24. The van der Waals surface area contributed by atoms with E-state index in [-0.39, 0.29) is 11.7 Å². The quantitative estimate of drug-likeness (QED) is 0.701. The molecule has 1 saturated heterocycles. The maximum Gasteiger partial charge on any atom is 0.253 e. The van der Waals surface area contributed by atoms with E-state index in [1.165, 1.54) is 6.07 Å². The Balaban J connectivity index is 1.43. The Kier molecular flexibility index (Phi) is 5.03. The van der Waals surface area contributed by atoms with Crippen molar-refractivity contribution in [3.63, 3.8) is 0 Å². The van der Waals surface area contributed by atoms with Gasteiger partial charge in [-0.3, -0.25) is 9.69 Å². The first-order chi connectivity index (χ1) is 13.2. The molecule has 1 aliphatic heterocycles. The number of carbonyl (C=O) groups excluding carboxylic acids is 1. The molecule has 27 heavy (non-hydrogen) atoms. The Bertz CT molecular complexity index is 916. The summed E-state index contributed by atoms with van der Waals surface area (Å²) >= 11 is 0. The van der Waals surface area contributed by atoms with Crippen LogP contribution in [0.25, 0.3) is 11.1 Å². The van der Waals surface area contributed by atoms with E-state index in [0.717, 1.165) is 31.0 Å². The SMILES string of the molecule is O=C(c1cccc(-c2ccccc2F)c1)N1CCN(Cc2ccco2)CC1. The second kappa shape index (κ2) is 7.76. The molecular formula is C22H21FN2O2. The van der Waals surface area contributed by atoms with Gasteiger partial charge in [-0.05, 0) is 35.9 Å². The summed E-state index contributed by atoms with van der Waals surface area (Å²) in [6.07, 6.45) is 1.68.